The second-order valence-electron chi connectivity index (χ2n) is 12.2. The molecule has 0 aromatic heterocycles. The third-order valence-electron chi connectivity index (χ3n) is 6.37. The van der Waals surface area contributed by atoms with Crippen LogP contribution in [-0.4, -0.2) is 149 Å². The maximum atomic E-state index is 12.3. The van der Waals surface area contributed by atoms with Crippen LogP contribution in [0, 0.1) is 0 Å². The van der Waals surface area contributed by atoms with Crippen molar-refractivity contribution in [2.24, 2.45) is 0 Å². The minimum atomic E-state index is -5.59. The van der Waals surface area contributed by atoms with Gasteiger partial charge in [-0.15, -0.1) is 0 Å². The molecule has 9 atom stereocenters. The first-order valence-corrected chi connectivity index (χ1v) is 18.1. The van der Waals surface area contributed by atoms with E-state index in [0.717, 1.165) is 4.89 Å². The highest BCUT2D eigenvalue weighted by molar-refractivity contribution is 7.90. The molecule has 0 aromatic carbocycles. The van der Waals surface area contributed by atoms with Crippen LogP contribution < -0.4 is 4.89 Å². The molecule has 49 heavy (non-hydrogen) atoms. The molecule has 0 aliphatic carbocycles. The Bertz CT molecular complexity index is 906. The lowest BCUT2D eigenvalue weighted by atomic mass is 10.3. The summed E-state index contributed by atoms with van der Waals surface area (Å²) in [4.78, 5) is 5.56. The predicted octanol–water partition coefficient (Wildman–Crippen LogP) is 3.65. The van der Waals surface area contributed by atoms with Crippen molar-refractivity contribution in [3.8, 4) is 0 Å². The maximum Gasteiger partial charge on any atom is 0.513 e. The molecule has 0 radical (unpaired) electrons. The number of sulfonamides is 1. The van der Waals surface area contributed by atoms with Crippen molar-refractivity contribution in [3.63, 3.8) is 0 Å². The Hall–Kier alpha value is -0.740. The van der Waals surface area contributed by atoms with Crippen molar-refractivity contribution in [2.45, 2.75) is 123 Å². The molecule has 1 N–H and O–H groups in total. The molecule has 0 bridgehead atoms. The molecule has 0 heterocycles. The van der Waals surface area contributed by atoms with Gasteiger partial charge in [0.15, 0.2) is 0 Å². The monoisotopic (exact) mass is 745 g/mol. The van der Waals surface area contributed by atoms with Gasteiger partial charge < -0.3 is 47.4 Å². The smallest absolute Gasteiger partial charge is 0.382 e. The zero-order valence-electron chi connectivity index (χ0n) is 30.8. The Morgan fingerprint density at radius 3 is 1.00 bits per heavy atom. The van der Waals surface area contributed by atoms with E-state index >= 15 is 0 Å². The standard InChI is InChI=1S/C31H62F3NO13S/c1-22(13-39-12-11-38-10)40-14-23(2)41-15-24(3)42-16-25(4)43-17-26(5)44-18-27(6)45-19-28(7)46-20-29(8)47-21-30(9)48-35-49(36,37)31(32,33)34/h22-30,35H,11-21H2,1-10H3. The molecule has 0 rings (SSSR count). The first-order chi connectivity index (χ1) is 22.9. The number of nitrogens with one attached hydrogen (secondary N) is 1. The summed E-state index contributed by atoms with van der Waals surface area (Å²) in [5.74, 6) is 0. The fraction of sp³-hybridized carbons (Fsp3) is 1.00. The van der Waals surface area contributed by atoms with Gasteiger partial charge in [-0.2, -0.15) is 13.2 Å². The van der Waals surface area contributed by atoms with E-state index in [0.29, 0.717) is 59.5 Å². The average molecular weight is 746 g/mol. The molecule has 0 aromatic rings. The van der Waals surface area contributed by atoms with Gasteiger partial charge in [-0.25, -0.2) is 8.42 Å². The van der Waals surface area contributed by atoms with E-state index in [9.17, 15) is 21.6 Å². The van der Waals surface area contributed by atoms with Crippen LogP contribution in [0.15, 0.2) is 0 Å². The summed E-state index contributed by atoms with van der Waals surface area (Å²) in [6.07, 6.45) is -2.39. The van der Waals surface area contributed by atoms with Crippen molar-refractivity contribution < 1.29 is 73.8 Å². The second kappa shape index (κ2) is 26.9. The Labute approximate surface area is 291 Å². The van der Waals surface area contributed by atoms with Crippen molar-refractivity contribution in [2.75, 3.05) is 79.8 Å². The van der Waals surface area contributed by atoms with E-state index in [1.165, 1.54) is 6.92 Å². The van der Waals surface area contributed by atoms with Crippen LogP contribution in [0.25, 0.3) is 0 Å². The lowest BCUT2D eigenvalue weighted by Crippen LogP contribution is -2.39. The van der Waals surface area contributed by atoms with E-state index in [2.05, 4.69) is 4.84 Å². The molecule has 0 aliphatic rings. The minimum absolute atomic E-state index is 0.0351. The third-order valence-corrected chi connectivity index (χ3v) is 7.30. The number of halogens is 3. The molecular formula is C31H62F3NO13S. The van der Waals surface area contributed by atoms with Gasteiger partial charge in [0, 0.05) is 7.11 Å². The fourth-order valence-corrected chi connectivity index (χ4v) is 3.79. The zero-order valence-corrected chi connectivity index (χ0v) is 31.6. The molecule has 296 valence electrons. The number of rotatable bonds is 32. The highest BCUT2D eigenvalue weighted by atomic mass is 32.2. The molecule has 14 nitrogen and oxygen atoms in total. The van der Waals surface area contributed by atoms with E-state index in [-0.39, 0.29) is 55.9 Å². The van der Waals surface area contributed by atoms with Crippen molar-refractivity contribution in [1.29, 1.82) is 0 Å². The predicted molar refractivity (Wildman–Crippen MR) is 175 cm³/mol. The van der Waals surface area contributed by atoms with E-state index < -0.39 is 27.7 Å². The maximum absolute atomic E-state index is 12.3. The quantitative estimate of drug-likeness (QED) is 0.0790. The van der Waals surface area contributed by atoms with Crippen LogP contribution in [0.4, 0.5) is 13.2 Å². The number of ether oxygens (including phenoxy) is 10. The molecular weight excluding hydrogens is 683 g/mol. The van der Waals surface area contributed by atoms with E-state index in [1.807, 2.05) is 48.5 Å². The summed E-state index contributed by atoms with van der Waals surface area (Å²) in [7, 11) is -3.96. The number of alkyl halides is 3. The highest BCUT2D eigenvalue weighted by Gasteiger charge is 2.46. The molecule has 0 aliphatic heterocycles. The van der Waals surface area contributed by atoms with Crippen molar-refractivity contribution in [1.82, 2.24) is 4.89 Å². The second-order valence-corrected chi connectivity index (χ2v) is 13.8. The molecule has 0 spiro atoms. The Balaban J connectivity index is 3.98. The lowest BCUT2D eigenvalue weighted by Gasteiger charge is -2.23. The van der Waals surface area contributed by atoms with Gasteiger partial charge in [0.1, 0.15) is 6.10 Å². The Morgan fingerprint density at radius 1 is 0.469 bits per heavy atom. The van der Waals surface area contributed by atoms with Crippen LogP contribution in [0.3, 0.4) is 0 Å². The van der Waals surface area contributed by atoms with Gasteiger partial charge in [0.2, 0.25) is 0 Å². The van der Waals surface area contributed by atoms with Gasteiger partial charge in [0.05, 0.1) is 122 Å². The van der Waals surface area contributed by atoms with E-state index in [1.54, 1.807) is 14.0 Å². The van der Waals surface area contributed by atoms with Crippen LogP contribution in [0.2, 0.25) is 0 Å². The number of hydrogen-bond acceptors (Lipinski definition) is 13. The van der Waals surface area contributed by atoms with Gasteiger partial charge in [-0.3, -0.25) is 4.84 Å². The topological polar surface area (TPSA) is 148 Å². The minimum Gasteiger partial charge on any atom is -0.382 e. The summed E-state index contributed by atoms with van der Waals surface area (Å²) in [6, 6.07) is 0. The van der Waals surface area contributed by atoms with Gasteiger partial charge in [0.25, 0.3) is 0 Å². The SMILES string of the molecule is COCCOCC(C)OCC(C)OCC(C)OCC(C)OCC(C)OCC(C)OCC(C)OCC(C)OCC(C)ONS(=O)(=O)C(F)(F)F. The van der Waals surface area contributed by atoms with Crippen LogP contribution in [-0.2, 0) is 62.2 Å². The van der Waals surface area contributed by atoms with Crippen LogP contribution >= 0.6 is 0 Å². The summed E-state index contributed by atoms with van der Waals surface area (Å²) < 4.78 is 116. The number of methoxy groups -OCH3 is 1. The molecule has 0 amide bonds. The molecule has 9 unspecified atom stereocenters. The van der Waals surface area contributed by atoms with Gasteiger partial charge in [-0.05, 0) is 62.3 Å². The van der Waals surface area contributed by atoms with Gasteiger partial charge in [-0.1, -0.05) is 4.89 Å². The zero-order chi connectivity index (χ0) is 37.5. The van der Waals surface area contributed by atoms with E-state index in [4.69, 9.17) is 47.4 Å². The Morgan fingerprint density at radius 2 is 0.735 bits per heavy atom. The van der Waals surface area contributed by atoms with Crippen molar-refractivity contribution in [3.05, 3.63) is 0 Å². The summed E-state index contributed by atoms with van der Waals surface area (Å²) in [5.41, 5.74) is -5.47. The summed E-state index contributed by atoms with van der Waals surface area (Å²) in [5, 5.41) is 0. The average Bonchev–Trinajstić information content (AvgIpc) is 3.04. The fourth-order valence-electron chi connectivity index (χ4n) is 3.40. The lowest BCUT2D eigenvalue weighted by molar-refractivity contribution is -0.112. The molecule has 0 fully saturated rings. The van der Waals surface area contributed by atoms with Gasteiger partial charge >= 0.3 is 15.5 Å². The largest absolute Gasteiger partial charge is 0.513 e. The molecule has 18 heteroatoms. The van der Waals surface area contributed by atoms with Crippen LogP contribution in [0.1, 0.15) is 62.3 Å². The summed E-state index contributed by atoms with van der Waals surface area (Å²) in [6.45, 7) is 20.4. The molecule has 0 saturated heterocycles. The first kappa shape index (κ1) is 48.3. The van der Waals surface area contributed by atoms with Crippen molar-refractivity contribution >= 4 is 10.0 Å². The Kier molecular flexibility index (Phi) is 26.5. The normalized spacial score (nSPS) is 18.4. The summed E-state index contributed by atoms with van der Waals surface area (Å²) >= 11 is 0. The molecule has 0 saturated carbocycles. The third kappa shape index (κ3) is 26.7. The van der Waals surface area contributed by atoms with Crippen LogP contribution in [0.5, 0.6) is 0 Å². The first-order valence-electron chi connectivity index (χ1n) is 16.6. The highest BCUT2D eigenvalue weighted by Crippen LogP contribution is 2.21. The number of hydrogen-bond donors (Lipinski definition) is 1.